The Morgan fingerprint density at radius 3 is 1.94 bits per heavy atom. The predicted molar refractivity (Wildman–Crippen MR) is 123 cm³/mol. The molecule has 2 atom stereocenters. The quantitative estimate of drug-likeness (QED) is 0.563. The van der Waals surface area contributed by atoms with Gasteiger partial charge in [-0.3, -0.25) is 4.79 Å². The molecular weight excluding hydrogens is 389 g/mol. The summed E-state index contributed by atoms with van der Waals surface area (Å²) in [5.74, 6) is 0.235. The topological polar surface area (TPSA) is 40.5 Å². The number of carbonyl (C=O) groups excluding carboxylic acids is 1. The number of aliphatic hydroxyl groups is 1. The number of amides is 1. The van der Waals surface area contributed by atoms with Crippen LogP contribution in [0, 0.1) is 11.7 Å². The van der Waals surface area contributed by atoms with Gasteiger partial charge in [0.05, 0.1) is 6.04 Å². The first-order valence-corrected chi connectivity index (χ1v) is 10.8. The van der Waals surface area contributed by atoms with Gasteiger partial charge in [-0.2, -0.15) is 0 Å². The second kappa shape index (κ2) is 11.4. The van der Waals surface area contributed by atoms with Gasteiger partial charge in [0, 0.05) is 19.6 Å². The molecule has 0 aromatic heterocycles. The van der Waals surface area contributed by atoms with Crippen LogP contribution >= 0.6 is 0 Å². The average molecular weight is 420 g/mol. The van der Waals surface area contributed by atoms with Crippen molar-refractivity contribution in [1.82, 2.24) is 4.90 Å². The SMILES string of the molecule is CC(c1ccc(-c2ccc(F)cc2)cc1)N1CCC(CCO)CC1=O.c1ccccc1. The molecule has 0 bridgehead atoms. The molecule has 4 rings (SSSR count). The maximum absolute atomic E-state index is 13.0. The highest BCUT2D eigenvalue weighted by Gasteiger charge is 2.29. The van der Waals surface area contributed by atoms with E-state index in [-0.39, 0.29) is 24.4 Å². The Morgan fingerprint density at radius 2 is 1.45 bits per heavy atom. The Kier molecular flexibility index (Phi) is 8.36. The maximum atomic E-state index is 13.0. The summed E-state index contributed by atoms with van der Waals surface area (Å²) < 4.78 is 13.0. The van der Waals surface area contributed by atoms with E-state index in [4.69, 9.17) is 5.11 Å². The minimum absolute atomic E-state index is 0.0323. The molecular formula is C27H30FNO2. The summed E-state index contributed by atoms with van der Waals surface area (Å²) in [6.07, 6.45) is 2.18. The molecule has 3 nitrogen and oxygen atoms in total. The second-order valence-electron chi connectivity index (χ2n) is 7.92. The van der Waals surface area contributed by atoms with Gasteiger partial charge < -0.3 is 10.0 Å². The Hall–Kier alpha value is -2.98. The van der Waals surface area contributed by atoms with Crippen molar-refractivity contribution in [3.63, 3.8) is 0 Å². The molecule has 1 aliphatic heterocycles. The lowest BCUT2D eigenvalue weighted by Crippen LogP contribution is -2.40. The van der Waals surface area contributed by atoms with Gasteiger partial charge in [-0.05, 0) is 54.5 Å². The van der Waals surface area contributed by atoms with Gasteiger partial charge >= 0.3 is 0 Å². The van der Waals surface area contributed by atoms with Crippen molar-refractivity contribution < 1.29 is 14.3 Å². The summed E-state index contributed by atoms with van der Waals surface area (Å²) in [4.78, 5) is 14.4. The van der Waals surface area contributed by atoms with Crippen LogP contribution < -0.4 is 0 Å². The van der Waals surface area contributed by atoms with Crippen LogP contribution in [0.1, 0.15) is 37.8 Å². The highest BCUT2D eigenvalue weighted by atomic mass is 19.1. The van der Waals surface area contributed by atoms with Crippen molar-refractivity contribution in [3.05, 3.63) is 96.3 Å². The first-order chi connectivity index (χ1) is 15.1. The predicted octanol–water partition coefficient (Wildman–Crippen LogP) is 5.86. The Morgan fingerprint density at radius 1 is 0.935 bits per heavy atom. The molecule has 0 radical (unpaired) electrons. The van der Waals surface area contributed by atoms with Crippen LogP contribution in [0.4, 0.5) is 4.39 Å². The number of piperidine rings is 1. The van der Waals surface area contributed by atoms with E-state index in [1.54, 1.807) is 12.1 Å². The molecule has 4 heteroatoms. The number of aliphatic hydroxyl groups excluding tert-OH is 1. The van der Waals surface area contributed by atoms with E-state index in [1.807, 2.05) is 65.6 Å². The molecule has 0 spiro atoms. The van der Waals surface area contributed by atoms with Crippen molar-refractivity contribution in [2.24, 2.45) is 5.92 Å². The zero-order valence-corrected chi connectivity index (χ0v) is 18.0. The number of hydrogen-bond acceptors (Lipinski definition) is 2. The van der Waals surface area contributed by atoms with Crippen molar-refractivity contribution in [3.8, 4) is 11.1 Å². The number of carbonyl (C=O) groups is 1. The molecule has 3 aromatic rings. The Balaban J connectivity index is 0.000000391. The Bertz CT molecular complexity index is 899. The number of benzene rings is 3. The minimum atomic E-state index is -0.239. The molecule has 1 fully saturated rings. The third kappa shape index (κ3) is 6.50. The third-order valence-electron chi connectivity index (χ3n) is 5.80. The zero-order chi connectivity index (χ0) is 22.1. The zero-order valence-electron chi connectivity index (χ0n) is 18.0. The van der Waals surface area contributed by atoms with Gasteiger partial charge in [0.2, 0.25) is 5.91 Å². The van der Waals surface area contributed by atoms with Crippen LogP contribution in [0.5, 0.6) is 0 Å². The molecule has 1 aliphatic rings. The van der Waals surface area contributed by atoms with E-state index in [0.29, 0.717) is 18.8 Å². The normalized spacial score (nSPS) is 16.9. The lowest BCUT2D eigenvalue weighted by Gasteiger charge is -2.36. The molecule has 2 unspecified atom stereocenters. The van der Waals surface area contributed by atoms with E-state index < -0.39 is 0 Å². The van der Waals surface area contributed by atoms with Gasteiger partial charge in [-0.15, -0.1) is 0 Å². The molecule has 1 N–H and O–H groups in total. The lowest BCUT2D eigenvalue weighted by atomic mass is 9.91. The van der Waals surface area contributed by atoms with Gasteiger partial charge in [0.1, 0.15) is 5.82 Å². The standard InChI is InChI=1S/C21H24FNO2.C6H6/c1-15(23-12-10-16(11-13-24)14-21(23)25)17-2-4-18(5-3-17)19-6-8-20(22)9-7-19;1-2-4-6-5-3-1/h2-9,15-16,24H,10-14H2,1H3;1-6H. The smallest absolute Gasteiger partial charge is 0.223 e. The van der Waals surface area contributed by atoms with Gasteiger partial charge in [-0.25, -0.2) is 4.39 Å². The number of rotatable bonds is 5. The van der Waals surface area contributed by atoms with Crippen LogP contribution in [-0.2, 0) is 4.79 Å². The maximum Gasteiger partial charge on any atom is 0.223 e. The number of nitrogens with zero attached hydrogens (tertiary/aromatic N) is 1. The second-order valence-corrected chi connectivity index (χ2v) is 7.92. The molecule has 1 heterocycles. The van der Waals surface area contributed by atoms with Crippen LogP contribution in [0.15, 0.2) is 84.9 Å². The van der Waals surface area contributed by atoms with Crippen molar-refractivity contribution in [2.75, 3.05) is 13.2 Å². The van der Waals surface area contributed by atoms with Crippen LogP contribution in [-0.4, -0.2) is 29.1 Å². The molecule has 0 aliphatic carbocycles. The highest BCUT2D eigenvalue weighted by molar-refractivity contribution is 5.77. The summed E-state index contributed by atoms with van der Waals surface area (Å²) in [6.45, 7) is 2.94. The average Bonchev–Trinajstić information content (AvgIpc) is 2.81. The van der Waals surface area contributed by atoms with Gasteiger partial charge in [0.25, 0.3) is 0 Å². The van der Waals surface area contributed by atoms with E-state index in [1.165, 1.54) is 12.1 Å². The summed E-state index contributed by atoms with van der Waals surface area (Å²) in [5, 5.41) is 9.05. The monoisotopic (exact) mass is 419 g/mol. The number of hydrogen-bond donors (Lipinski definition) is 1. The molecule has 162 valence electrons. The fourth-order valence-electron chi connectivity index (χ4n) is 3.91. The first-order valence-electron chi connectivity index (χ1n) is 10.8. The third-order valence-corrected chi connectivity index (χ3v) is 5.80. The van der Waals surface area contributed by atoms with E-state index in [0.717, 1.165) is 29.7 Å². The van der Waals surface area contributed by atoms with Gasteiger partial charge in [0.15, 0.2) is 0 Å². The summed E-state index contributed by atoms with van der Waals surface area (Å²) in [7, 11) is 0. The van der Waals surface area contributed by atoms with Gasteiger partial charge in [-0.1, -0.05) is 72.8 Å². The highest BCUT2D eigenvalue weighted by Crippen LogP contribution is 2.30. The van der Waals surface area contributed by atoms with Crippen LogP contribution in [0.25, 0.3) is 11.1 Å². The number of likely N-dealkylation sites (tertiary alicyclic amines) is 1. The van der Waals surface area contributed by atoms with Crippen molar-refractivity contribution >= 4 is 5.91 Å². The molecule has 1 amide bonds. The summed E-state index contributed by atoms with van der Waals surface area (Å²) >= 11 is 0. The van der Waals surface area contributed by atoms with E-state index in [2.05, 4.69) is 6.92 Å². The fourth-order valence-corrected chi connectivity index (χ4v) is 3.91. The molecule has 1 saturated heterocycles. The molecule has 0 saturated carbocycles. The summed E-state index contributed by atoms with van der Waals surface area (Å²) in [5.41, 5.74) is 3.10. The fraction of sp³-hybridized carbons (Fsp3) is 0.296. The summed E-state index contributed by atoms with van der Waals surface area (Å²) in [6, 6.07) is 26.6. The van der Waals surface area contributed by atoms with E-state index >= 15 is 0 Å². The van der Waals surface area contributed by atoms with Crippen molar-refractivity contribution in [1.29, 1.82) is 0 Å². The largest absolute Gasteiger partial charge is 0.396 e. The van der Waals surface area contributed by atoms with Crippen LogP contribution in [0.2, 0.25) is 0 Å². The Labute approximate surface area is 184 Å². The lowest BCUT2D eigenvalue weighted by molar-refractivity contribution is -0.137. The van der Waals surface area contributed by atoms with Crippen LogP contribution in [0.3, 0.4) is 0 Å². The van der Waals surface area contributed by atoms with E-state index in [9.17, 15) is 9.18 Å². The first kappa shape index (κ1) is 22.7. The molecule has 3 aromatic carbocycles. The number of halogens is 1. The molecule has 31 heavy (non-hydrogen) atoms. The minimum Gasteiger partial charge on any atom is -0.396 e. The van der Waals surface area contributed by atoms with Crippen molar-refractivity contribution in [2.45, 2.75) is 32.2 Å².